The molecule has 0 bridgehead atoms. The first-order valence-electron chi connectivity index (χ1n) is 5.94. The summed E-state index contributed by atoms with van der Waals surface area (Å²) in [6.07, 6.45) is 2.80. The highest BCUT2D eigenvalue weighted by molar-refractivity contribution is 8.01. The van der Waals surface area contributed by atoms with Crippen LogP contribution in [0.4, 0.5) is 11.1 Å². The third kappa shape index (κ3) is 4.03. The second kappa shape index (κ2) is 6.67. The summed E-state index contributed by atoms with van der Waals surface area (Å²) in [7, 11) is 3.90. The predicted octanol–water partition coefficient (Wildman–Crippen LogP) is 2.37. The SMILES string of the molecule is CCCNc1nccc(Sc2nnc(N(C)C)s2)n1. The predicted molar refractivity (Wildman–Crippen MR) is 79.2 cm³/mol. The Morgan fingerprint density at radius 3 is 2.89 bits per heavy atom. The molecule has 2 rings (SSSR count). The molecule has 0 amide bonds. The van der Waals surface area contributed by atoms with Crippen molar-refractivity contribution in [1.29, 1.82) is 0 Å². The van der Waals surface area contributed by atoms with Crippen molar-refractivity contribution in [2.24, 2.45) is 0 Å². The van der Waals surface area contributed by atoms with E-state index in [1.54, 1.807) is 17.5 Å². The zero-order valence-corrected chi connectivity index (χ0v) is 12.8. The largest absolute Gasteiger partial charge is 0.354 e. The van der Waals surface area contributed by atoms with Gasteiger partial charge in [0.25, 0.3) is 0 Å². The lowest BCUT2D eigenvalue weighted by atomic mass is 10.5. The van der Waals surface area contributed by atoms with E-state index in [0.717, 1.165) is 27.5 Å². The number of nitrogens with zero attached hydrogens (tertiary/aromatic N) is 5. The molecule has 0 spiro atoms. The number of anilines is 2. The minimum atomic E-state index is 0.657. The molecule has 2 aromatic rings. The fourth-order valence-electron chi connectivity index (χ4n) is 1.23. The fourth-order valence-corrected chi connectivity index (χ4v) is 2.90. The van der Waals surface area contributed by atoms with Crippen LogP contribution in [0.5, 0.6) is 0 Å². The lowest BCUT2D eigenvalue weighted by molar-refractivity contribution is 0.933. The Labute approximate surface area is 120 Å². The van der Waals surface area contributed by atoms with Crippen molar-refractivity contribution in [2.45, 2.75) is 22.7 Å². The summed E-state index contributed by atoms with van der Waals surface area (Å²) in [5.41, 5.74) is 0. The van der Waals surface area contributed by atoms with Crippen molar-refractivity contribution in [3.63, 3.8) is 0 Å². The topological polar surface area (TPSA) is 66.8 Å². The first-order valence-corrected chi connectivity index (χ1v) is 7.58. The molecule has 0 aliphatic heterocycles. The number of hydrogen-bond donors (Lipinski definition) is 1. The highest BCUT2D eigenvalue weighted by atomic mass is 32.2. The molecule has 19 heavy (non-hydrogen) atoms. The normalized spacial score (nSPS) is 10.5. The van der Waals surface area contributed by atoms with Crippen molar-refractivity contribution < 1.29 is 0 Å². The van der Waals surface area contributed by atoms with Crippen LogP contribution in [0.25, 0.3) is 0 Å². The molecule has 0 saturated heterocycles. The van der Waals surface area contributed by atoms with Gasteiger partial charge in [-0.15, -0.1) is 10.2 Å². The summed E-state index contributed by atoms with van der Waals surface area (Å²) < 4.78 is 0.879. The Morgan fingerprint density at radius 2 is 2.21 bits per heavy atom. The molecule has 2 aromatic heterocycles. The van der Waals surface area contributed by atoms with E-state index in [1.165, 1.54) is 11.8 Å². The maximum absolute atomic E-state index is 4.43. The number of rotatable bonds is 6. The molecule has 0 aromatic carbocycles. The summed E-state index contributed by atoms with van der Waals surface area (Å²) in [4.78, 5) is 10.5. The molecule has 0 radical (unpaired) electrons. The molecule has 1 N–H and O–H groups in total. The molecule has 102 valence electrons. The summed E-state index contributed by atoms with van der Waals surface area (Å²) in [6, 6.07) is 1.87. The fraction of sp³-hybridized carbons (Fsp3) is 0.455. The van der Waals surface area contributed by atoms with Crippen LogP contribution in [0, 0.1) is 0 Å². The van der Waals surface area contributed by atoms with Gasteiger partial charge in [-0.25, -0.2) is 9.97 Å². The quantitative estimate of drug-likeness (QED) is 0.821. The molecular formula is C11H16N6S2. The zero-order valence-electron chi connectivity index (χ0n) is 11.1. The van der Waals surface area contributed by atoms with Gasteiger partial charge in [0.15, 0.2) is 4.34 Å². The third-order valence-corrected chi connectivity index (χ3v) is 4.21. The van der Waals surface area contributed by atoms with Crippen molar-refractivity contribution >= 4 is 34.2 Å². The van der Waals surface area contributed by atoms with Crippen molar-refractivity contribution in [3.8, 4) is 0 Å². The minimum Gasteiger partial charge on any atom is -0.354 e. The summed E-state index contributed by atoms with van der Waals surface area (Å²) in [5.74, 6) is 0.657. The standard InChI is InChI=1S/C11H16N6S2/c1-4-6-12-9-13-7-5-8(14-9)18-11-16-15-10(19-11)17(2)3/h5,7H,4,6H2,1-3H3,(H,12,13,14). The van der Waals surface area contributed by atoms with Crippen molar-refractivity contribution in [2.75, 3.05) is 30.9 Å². The van der Waals surface area contributed by atoms with E-state index in [1.807, 2.05) is 25.1 Å². The molecule has 0 aliphatic carbocycles. The van der Waals surface area contributed by atoms with Gasteiger partial charge in [-0.2, -0.15) is 0 Å². The molecule has 0 aliphatic rings. The van der Waals surface area contributed by atoms with Gasteiger partial charge in [-0.05, 0) is 24.2 Å². The number of hydrogen-bond acceptors (Lipinski definition) is 8. The summed E-state index contributed by atoms with van der Waals surface area (Å²) in [6.45, 7) is 2.98. The maximum atomic E-state index is 4.43. The monoisotopic (exact) mass is 296 g/mol. The van der Waals surface area contributed by atoms with Crippen LogP contribution >= 0.6 is 23.1 Å². The molecule has 0 unspecified atom stereocenters. The second-order valence-electron chi connectivity index (χ2n) is 3.99. The van der Waals surface area contributed by atoms with Gasteiger partial charge in [-0.1, -0.05) is 18.3 Å². The van der Waals surface area contributed by atoms with Crippen molar-refractivity contribution in [3.05, 3.63) is 12.3 Å². The van der Waals surface area contributed by atoms with E-state index in [2.05, 4.69) is 32.4 Å². The minimum absolute atomic E-state index is 0.657. The van der Waals surface area contributed by atoms with Gasteiger partial charge in [0.2, 0.25) is 11.1 Å². The van der Waals surface area contributed by atoms with Crippen LogP contribution in [0.15, 0.2) is 21.6 Å². The van der Waals surface area contributed by atoms with E-state index < -0.39 is 0 Å². The highest BCUT2D eigenvalue weighted by Crippen LogP contribution is 2.31. The van der Waals surface area contributed by atoms with Gasteiger partial charge in [0.1, 0.15) is 5.03 Å². The van der Waals surface area contributed by atoms with Gasteiger partial charge in [0, 0.05) is 26.8 Å². The van der Waals surface area contributed by atoms with Gasteiger partial charge >= 0.3 is 0 Å². The summed E-state index contributed by atoms with van der Waals surface area (Å²) >= 11 is 3.05. The molecular weight excluding hydrogens is 280 g/mol. The summed E-state index contributed by atoms with van der Waals surface area (Å²) in [5, 5.41) is 13.2. The van der Waals surface area contributed by atoms with E-state index in [-0.39, 0.29) is 0 Å². The Balaban J connectivity index is 2.05. The zero-order chi connectivity index (χ0) is 13.7. The van der Waals surface area contributed by atoms with Crippen LogP contribution in [0.3, 0.4) is 0 Å². The van der Waals surface area contributed by atoms with Gasteiger partial charge < -0.3 is 10.2 Å². The first kappa shape index (κ1) is 14.0. The Hall–Kier alpha value is -1.41. The lowest BCUT2D eigenvalue weighted by Gasteiger charge is -2.04. The van der Waals surface area contributed by atoms with E-state index in [4.69, 9.17) is 0 Å². The van der Waals surface area contributed by atoms with Gasteiger partial charge in [-0.3, -0.25) is 0 Å². The first-order chi connectivity index (χ1) is 9.19. The Bertz CT molecular complexity index is 527. The average Bonchev–Trinajstić information content (AvgIpc) is 2.85. The number of nitrogens with one attached hydrogen (secondary N) is 1. The van der Waals surface area contributed by atoms with Crippen LogP contribution in [-0.4, -0.2) is 40.8 Å². The smallest absolute Gasteiger partial charge is 0.223 e. The van der Waals surface area contributed by atoms with Crippen LogP contribution in [0.1, 0.15) is 13.3 Å². The Morgan fingerprint density at radius 1 is 1.37 bits per heavy atom. The highest BCUT2D eigenvalue weighted by Gasteiger charge is 2.08. The molecule has 8 heteroatoms. The molecule has 6 nitrogen and oxygen atoms in total. The molecule has 0 atom stereocenters. The lowest BCUT2D eigenvalue weighted by Crippen LogP contribution is -2.07. The second-order valence-corrected chi connectivity index (χ2v) is 6.22. The van der Waals surface area contributed by atoms with Crippen LogP contribution < -0.4 is 10.2 Å². The van der Waals surface area contributed by atoms with Gasteiger partial charge in [0.05, 0.1) is 0 Å². The van der Waals surface area contributed by atoms with Crippen molar-refractivity contribution in [1.82, 2.24) is 20.2 Å². The average molecular weight is 296 g/mol. The number of aromatic nitrogens is 4. The van der Waals surface area contributed by atoms with E-state index in [9.17, 15) is 0 Å². The van der Waals surface area contributed by atoms with Crippen LogP contribution in [0.2, 0.25) is 0 Å². The maximum Gasteiger partial charge on any atom is 0.223 e. The van der Waals surface area contributed by atoms with Crippen LogP contribution in [-0.2, 0) is 0 Å². The molecule has 2 heterocycles. The third-order valence-electron chi connectivity index (χ3n) is 2.13. The van der Waals surface area contributed by atoms with E-state index >= 15 is 0 Å². The Kier molecular flexibility index (Phi) is 4.92. The van der Waals surface area contributed by atoms with E-state index in [0.29, 0.717) is 5.95 Å². The molecule has 0 fully saturated rings. The molecule has 0 saturated carbocycles.